The summed E-state index contributed by atoms with van der Waals surface area (Å²) in [7, 11) is 5.21. The Labute approximate surface area is 172 Å². The van der Waals surface area contributed by atoms with Crippen molar-refractivity contribution >= 4 is 11.8 Å². The Balaban J connectivity index is 1.64. The van der Waals surface area contributed by atoms with Gasteiger partial charge in [-0.3, -0.25) is 0 Å². The molecule has 1 heterocycles. The van der Waals surface area contributed by atoms with Gasteiger partial charge in [0.1, 0.15) is 18.1 Å². The lowest BCUT2D eigenvalue weighted by molar-refractivity contribution is -0.263. The highest BCUT2D eigenvalue weighted by Gasteiger charge is 2.36. The fourth-order valence-electron chi connectivity index (χ4n) is 2.80. The predicted molar refractivity (Wildman–Crippen MR) is 103 cm³/mol. The molecule has 2 aromatic carbocycles. The molecule has 29 heavy (non-hydrogen) atoms. The van der Waals surface area contributed by atoms with E-state index in [1.54, 1.807) is 6.07 Å². The van der Waals surface area contributed by atoms with Crippen LogP contribution in [0.1, 0.15) is 17.5 Å². The Bertz CT molecular complexity index is 803. The van der Waals surface area contributed by atoms with E-state index in [0.717, 1.165) is 29.0 Å². The quantitative estimate of drug-likeness (QED) is 0.557. The Hall–Kier alpha value is -1.90. The van der Waals surface area contributed by atoms with Gasteiger partial charge in [-0.15, -0.1) is 11.8 Å². The molecule has 0 bridgehead atoms. The molecule has 0 amide bonds. The van der Waals surface area contributed by atoms with Crippen LogP contribution in [0, 0.1) is 14.0 Å². The summed E-state index contributed by atoms with van der Waals surface area (Å²) in [5, 5.41) is 0. The van der Waals surface area contributed by atoms with Crippen LogP contribution in [-0.4, -0.2) is 31.4 Å². The number of alkyl halides is 3. The highest BCUT2D eigenvalue weighted by molar-refractivity contribution is 7.99. The maximum absolute atomic E-state index is 12.7. The van der Waals surface area contributed by atoms with Crippen molar-refractivity contribution in [2.75, 3.05) is 25.6 Å². The van der Waals surface area contributed by atoms with Gasteiger partial charge in [0.05, 0.1) is 24.5 Å². The van der Waals surface area contributed by atoms with Crippen molar-refractivity contribution in [2.24, 2.45) is 0 Å². The van der Waals surface area contributed by atoms with Crippen molar-refractivity contribution in [3.05, 3.63) is 60.7 Å². The molecule has 0 saturated carbocycles. The summed E-state index contributed by atoms with van der Waals surface area (Å²) in [6, 6.07) is 10.2. The first kappa shape index (κ1) is 21.8. The molecule has 2 aromatic rings. The third-order valence-corrected chi connectivity index (χ3v) is 5.56. The van der Waals surface area contributed by atoms with Gasteiger partial charge in [-0.25, -0.2) is 0 Å². The van der Waals surface area contributed by atoms with Gasteiger partial charge in [0, 0.05) is 4.90 Å². The van der Waals surface area contributed by atoms with Crippen LogP contribution in [0.3, 0.4) is 0 Å². The molecule has 1 fully saturated rings. The first-order valence-electron chi connectivity index (χ1n) is 8.99. The summed E-state index contributed by atoms with van der Waals surface area (Å²) >= 11 is 1.52. The van der Waals surface area contributed by atoms with Crippen molar-refractivity contribution in [3.8, 4) is 11.5 Å². The van der Waals surface area contributed by atoms with E-state index in [2.05, 4.69) is 0 Å². The molecule has 0 unspecified atom stereocenters. The average Bonchev–Trinajstić information content (AvgIpc) is 2.71. The molecule has 0 aromatic heterocycles. The fraction of sp³-hybridized carbons (Fsp3) is 0.381. The van der Waals surface area contributed by atoms with E-state index in [4.69, 9.17) is 26.1 Å². The number of hydrogen-bond acceptors (Lipinski definition) is 5. The average molecular weight is 426 g/mol. The number of halogens is 3. The first-order valence-corrected chi connectivity index (χ1v) is 9.98. The van der Waals surface area contributed by atoms with Crippen LogP contribution in [0.25, 0.3) is 0 Å². The van der Waals surface area contributed by atoms with E-state index in [9.17, 15) is 13.2 Å². The minimum absolute atomic E-state index is 0.0638. The van der Waals surface area contributed by atoms with Gasteiger partial charge in [0.25, 0.3) is 0 Å². The maximum Gasteiger partial charge on any atom is 0.416 e. The second-order valence-corrected chi connectivity index (χ2v) is 7.65. The van der Waals surface area contributed by atoms with Gasteiger partial charge in [-0.05, 0) is 61.4 Å². The molecule has 0 atom stereocenters. The van der Waals surface area contributed by atoms with Crippen molar-refractivity contribution in [1.29, 1.82) is 0 Å². The van der Waals surface area contributed by atoms with Crippen LogP contribution in [0.15, 0.2) is 47.4 Å². The second kappa shape index (κ2) is 9.28. The fourth-order valence-corrected chi connectivity index (χ4v) is 3.86. The van der Waals surface area contributed by atoms with E-state index in [-0.39, 0.29) is 6.61 Å². The standard InChI is InChI=1S/C21H21F3O4S/c1-15-12-18(8-9-19(15)25-2)29-14-20(27-10-3-11-28-20)13-26-17-6-4-16(5-7-17)21(22,23)24/h2,4-9,12H,3,10-11,13-14H2,1H3. The van der Waals surface area contributed by atoms with Crippen molar-refractivity contribution < 1.29 is 32.1 Å². The van der Waals surface area contributed by atoms with Gasteiger partial charge in [0.2, 0.25) is 5.79 Å². The summed E-state index contributed by atoms with van der Waals surface area (Å²) in [5.74, 6) is 0.388. The third kappa shape index (κ3) is 5.81. The molecular weight excluding hydrogens is 405 g/mol. The zero-order valence-corrected chi connectivity index (χ0v) is 16.6. The number of aryl methyl sites for hydroxylation is 1. The van der Waals surface area contributed by atoms with Crippen molar-refractivity contribution in [1.82, 2.24) is 0 Å². The Morgan fingerprint density at radius 2 is 1.79 bits per heavy atom. The monoisotopic (exact) mass is 426 g/mol. The molecular formula is C21H21F3O4S. The van der Waals surface area contributed by atoms with Gasteiger partial charge in [-0.1, -0.05) is 0 Å². The molecule has 4 nitrogen and oxygen atoms in total. The third-order valence-electron chi connectivity index (χ3n) is 4.39. The summed E-state index contributed by atoms with van der Waals surface area (Å²) in [4.78, 5) is 0.981. The van der Waals surface area contributed by atoms with E-state index >= 15 is 0 Å². The smallest absolute Gasteiger partial charge is 0.416 e. The molecule has 0 spiro atoms. The Kier molecular flexibility index (Phi) is 6.97. The Morgan fingerprint density at radius 3 is 2.38 bits per heavy atom. The topological polar surface area (TPSA) is 36.9 Å². The lowest BCUT2D eigenvalue weighted by atomic mass is 10.2. The van der Waals surface area contributed by atoms with Gasteiger partial charge < -0.3 is 18.9 Å². The van der Waals surface area contributed by atoms with Gasteiger partial charge in [0.15, 0.2) is 7.11 Å². The summed E-state index contributed by atoms with van der Waals surface area (Å²) in [6.45, 7) is 3.00. The number of rotatable bonds is 7. The molecule has 1 saturated heterocycles. The zero-order valence-electron chi connectivity index (χ0n) is 15.8. The highest BCUT2D eigenvalue weighted by Crippen LogP contribution is 2.33. The largest absolute Gasteiger partial charge is 0.488 e. The molecule has 8 heteroatoms. The molecule has 2 radical (unpaired) electrons. The second-order valence-electron chi connectivity index (χ2n) is 6.61. The minimum Gasteiger partial charge on any atom is -0.488 e. The normalized spacial score (nSPS) is 16.4. The van der Waals surface area contributed by atoms with Crippen LogP contribution in [0.4, 0.5) is 13.2 Å². The van der Waals surface area contributed by atoms with Crippen LogP contribution in [-0.2, 0) is 15.7 Å². The van der Waals surface area contributed by atoms with Crippen LogP contribution < -0.4 is 9.47 Å². The van der Waals surface area contributed by atoms with Gasteiger partial charge in [-0.2, -0.15) is 13.2 Å². The van der Waals surface area contributed by atoms with Crippen LogP contribution in [0.2, 0.25) is 0 Å². The minimum atomic E-state index is -4.38. The molecule has 0 N–H and O–H groups in total. The number of thioether (sulfide) groups is 1. The number of benzene rings is 2. The zero-order chi connectivity index (χ0) is 20.9. The van der Waals surface area contributed by atoms with E-state index in [0.29, 0.717) is 30.5 Å². The highest BCUT2D eigenvalue weighted by atomic mass is 32.2. The predicted octanol–water partition coefficient (Wildman–Crippen LogP) is 5.37. The molecule has 156 valence electrons. The Morgan fingerprint density at radius 1 is 1.10 bits per heavy atom. The van der Waals surface area contributed by atoms with Gasteiger partial charge >= 0.3 is 6.18 Å². The first-order chi connectivity index (χ1) is 13.8. The van der Waals surface area contributed by atoms with E-state index in [1.165, 1.54) is 23.9 Å². The number of ether oxygens (including phenoxy) is 4. The van der Waals surface area contributed by atoms with E-state index in [1.807, 2.05) is 19.1 Å². The van der Waals surface area contributed by atoms with Crippen LogP contribution >= 0.6 is 11.8 Å². The lowest BCUT2D eigenvalue weighted by Crippen LogP contribution is -2.48. The molecule has 1 aliphatic heterocycles. The molecule has 0 aliphatic carbocycles. The molecule has 1 aliphatic rings. The number of hydrogen-bond donors (Lipinski definition) is 0. The van der Waals surface area contributed by atoms with Crippen molar-refractivity contribution in [3.63, 3.8) is 0 Å². The SMILES string of the molecule is [CH]Oc1ccc(SCC2(COc3ccc(C(F)(F)F)cc3)OCCCO2)cc1C. The summed E-state index contributed by atoms with van der Waals surface area (Å²) < 4.78 is 60.3. The van der Waals surface area contributed by atoms with E-state index < -0.39 is 17.5 Å². The maximum atomic E-state index is 12.7. The summed E-state index contributed by atoms with van der Waals surface area (Å²) in [6.07, 6.45) is -3.61. The van der Waals surface area contributed by atoms with Crippen molar-refractivity contribution in [2.45, 2.75) is 30.2 Å². The summed E-state index contributed by atoms with van der Waals surface area (Å²) in [5.41, 5.74) is 0.179. The van der Waals surface area contributed by atoms with Crippen LogP contribution in [0.5, 0.6) is 11.5 Å². The molecule has 3 rings (SSSR count). The lowest BCUT2D eigenvalue weighted by Gasteiger charge is -2.36.